The molecule has 0 aromatic rings. The van der Waals surface area contributed by atoms with Gasteiger partial charge in [0.2, 0.25) is 5.91 Å². The summed E-state index contributed by atoms with van der Waals surface area (Å²) in [6.45, 7) is 8.71. The molecular weight excluding hydrogens is 765 g/mol. The number of carboxylic acids is 1. The number of carboxylic acid groups (broad SMARTS) is 1. The number of rotatable bonds is 21. The van der Waals surface area contributed by atoms with Crippen LogP contribution in [-0.4, -0.2) is 70.8 Å². The summed E-state index contributed by atoms with van der Waals surface area (Å²) < 4.78 is 32.2. The molecule has 0 bridgehead atoms. The summed E-state index contributed by atoms with van der Waals surface area (Å²) in [5.74, 6) is -0.399. The molecule has 10 nitrogen and oxygen atoms in total. The van der Waals surface area contributed by atoms with Crippen LogP contribution in [0.25, 0.3) is 0 Å². The molecule has 4 saturated carbocycles. The number of aliphatic hydroxyl groups excluding tert-OH is 3. The van der Waals surface area contributed by atoms with Crippen molar-refractivity contribution in [3.05, 3.63) is 24.3 Å². The monoisotopic (exact) mass is 839 g/mol. The van der Waals surface area contributed by atoms with Gasteiger partial charge in [0, 0.05) is 18.9 Å². The molecule has 0 aromatic carbocycles. The fourth-order valence-electron chi connectivity index (χ4n) is 11.2. The number of allylic oxidation sites excluding steroid dienone is 4. The first kappa shape index (κ1) is 55.2. The van der Waals surface area contributed by atoms with Crippen LogP contribution in [0.1, 0.15) is 163 Å². The number of carbonyl (C=O) groups is 2. The number of hydrogen-bond donors (Lipinski definition) is 4. The average molecular weight is 840 g/mol. The summed E-state index contributed by atoms with van der Waals surface area (Å²) in [6.07, 6.45) is 27.5. The van der Waals surface area contributed by atoms with E-state index in [1.165, 1.54) is 38.5 Å². The summed E-state index contributed by atoms with van der Waals surface area (Å²) in [7, 11) is -4.35. The number of nitrogens with one attached hydrogen (secondary N) is 1. The van der Waals surface area contributed by atoms with Gasteiger partial charge in [0.05, 0.1) is 34.2 Å². The first-order valence-corrected chi connectivity index (χ1v) is 23.4. The molecule has 318 valence electrons. The van der Waals surface area contributed by atoms with E-state index >= 15 is 0 Å². The van der Waals surface area contributed by atoms with Gasteiger partial charge in [-0.15, -0.1) is 0 Å². The molecule has 4 rings (SSSR count). The first-order valence-electron chi connectivity index (χ1n) is 21.8. The van der Waals surface area contributed by atoms with Crippen molar-refractivity contribution < 1.29 is 102 Å². The van der Waals surface area contributed by atoms with Crippen LogP contribution in [0.5, 0.6) is 0 Å². The molecule has 0 heterocycles. The Morgan fingerprint density at radius 2 is 1.47 bits per heavy atom. The van der Waals surface area contributed by atoms with Crippen molar-refractivity contribution in [2.75, 3.05) is 12.3 Å². The number of carbonyl (C=O) groups excluding carboxylic acids is 2. The predicted octanol–water partition coefficient (Wildman–Crippen LogP) is 0.583. The zero-order chi connectivity index (χ0) is 40.6. The molecule has 57 heavy (non-hydrogen) atoms. The third-order valence-corrected chi connectivity index (χ3v) is 15.1. The van der Waals surface area contributed by atoms with E-state index in [9.17, 15) is 43.0 Å². The fraction of sp³-hybridized carbons (Fsp3) is 0.864. The Kier molecular flexibility index (Phi) is 26.5. The summed E-state index contributed by atoms with van der Waals surface area (Å²) in [4.78, 5) is 22.4. The van der Waals surface area contributed by atoms with Crippen molar-refractivity contribution in [1.29, 1.82) is 0 Å². The van der Waals surface area contributed by atoms with E-state index in [1.807, 2.05) is 0 Å². The number of aliphatic carboxylic acids is 1. The smallest absolute Gasteiger partial charge is 0.748 e. The summed E-state index contributed by atoms with van der Waals surface area (Å²) in [6, 6.07) is 0. The number of aliphatic hydroxyl groups is 3. The largest absolute Gasteiger partial charge is 1.00 e. The zero-order valence-electron chi connectivity index (χ0n) is 36.5. The van der Waals surface area contributed by atoms with E-state index < -0.39 is 34.0 Å². The SMILES string of the molecule is CCCCC/C=C\C/C=C\CCCCCCCC(=O)[O-].C[C@H](CCC(=O)NCCS(=O)(=O)[O-])[C@H]1CCC2C3C(C[C@H](O)[C@@]21C)[C@@]1(C)CC[C@@H](O)CC1C[C@H]3O.[Na+].[Na+]. The Morgan fingerprint density at radius 3 is 2.11 bits per heavy atom. The Balaban J connectivity index is 0.000000639. The van der Waals surface area contributed by atoms with Gasteiger partial charge in [-0.05, 0) is 143 Å². The van der Waals surface area contributed by atoms with Crippen LogP contribution in [0.15, 0.2) is 24.3 Å². The Hall–Kier alpha value is 0.210. The van der Waals surface area contributed by atoms with E-state index in [0.29, 0.717) is 18.8 Å². The Morgan fingerprint density at radius 1 is 0.842 bits per heavy atom. The van der Waals surface area contributed by atoms with Gasteiger partial charge in [-0.3, -0.25) is 4.79 Å². The summed E-state index contributed by atoms with van der Waals surface area (Å²) in [5.41, 5.74) is -0.267. The van der Waals surface area contributed by atoms with Gasteiger partial charge in [-0.1, -0.05) is 84.1 Å². The van der Waals surface area contributed by atoms with Gasteiger partial charge in [0.15, 0.2) is 0 Å². The van der Waals surface area contributed by atoms with Crippen molar-refractivity contribution in [3.63, 3.8) is 0 Å². The molecular formula is C44H75NNa2O9S. The third kappa shape index (κ3) is 17.1. The van der Waals surface area contributed by atoms with Gasteiger partial charge in [-0.2, -0.15) is 0 Å². The second-order valence-electron chi connectivity index (χ2n) is 18.0. The van der Waals surface area contributed by atoms with Crippen molar-refractivity contribution in [1.82, 2.24) is 5.32 Å². The van der Waals surface area contributed by atoms with E-state index in [-0.39, 0.29) is 131 Å². The molecule has 4 aliphatic rings. The first-order chi connectivity index (χ1) is 26.0. The van der Waals surface area contributed by atoms with Crippen LogP contribution < -0.4 is 69.5 Å². The van der Waals surface area contributed by atoms with Crippen LogP contribution in [0.4, 0.5) is 0 Å². The van der Waals surface area contributed by atoms with Crippen LogP contribution in [-0.2, 0) is 19.7 Å². The van der Waals surface area contributed by atoms with E-state index in [1.54, 1.807) is 0 Å². The second kappa shape index (κ2) is 27.3. The molecule has 4 unspecified atom stereocenters. The molecule has 11 atom stereocenters. The number of fused-ring (bicyclic) bond motifs is 5. The normalized spacial score (nSPS) is 32.5. The van der Waals surface area contributed by atoms with Crippen LogP contribution in [0.3, 0.4) is 0 Å². The Labute approximate surface area is 390 Å². The van der Waals surface area contributed by atoms with Gasteiger partial charge in [0.1, 0.15) is 0 Å². The minimum Gasteiger partial charge on any atom is -0.748 e. The van der Waals surface area contributed by atoms with E-state index in [4.69, 9.17) is 0 Å². The van der Waals surface area contributed by atoms with Gasteiger partial charge in [0.25, 0.3) is 0 Å². The maximum Gasteiger partial charge on any atom is 1.00 e. The minimum atomic E-state index is -4.35. The average Bonchev–Trinajstić information content (AvgIpc) is 3.48. The van der Waals surface area contributed by atoms with Crippen molar-refractivity contribution in [2.45, 2.75) is 181 Å². The van der Waals surface area contributed by atoms with Crippen molar-refractivity contribution in [3.8, 4) is 0 Å². The molecule has 4 N–H and O–H groups in total. The van der Waals surface area contributed by atoms with Gasteiger partial charge >= 0.3 is 59.1 Å². The molecule has 4 aliphatic carbocycles. The number of unbranched alkanes of at least 4 members (excludes halogenated alkanes) is 8. The van der Waals surface area contributed by atoms with Crippen molar-refractivity contribution >= 4 is 22.0 Å². The van der Waals surface area contributed by atoms with Gasteiger partial charge in [-0.25, -0.2) is 8.42 Å². The molecule has 0 aliphatic heterocycles. The minimum absolute atomic E-state index is 0. The predicted molar refractivity (Wildman–Crippen MR) is 214 cm³/mol. The van der Waals surface area contributed by atoms with Crippen LogP contribution >= 0.6 is 0 Å². The van der Waals surface area contributed by atoms with Crippen molar-refractivity contribution in [2.24, 2.45) is 46.3 Å². The van der Waals surface area contributed by atoms with Crippen LogP contribution in [0, 0.1) is 46.3 Å². The molecule has 4 fully saturated rings. The Bertz CT molecular complexity index is 1350. The standard InChI is InChI=1S/C26H45NO7S.C18H32O2.2Na/c1-15(4-7-23(31)27-10-11-35(32,33)34)18-5-6-19-24-20(14-22(30)26(18,19)3)25(2)9-8-17(28)12-16(25)13-21(24)29;1-2-3-4-5-6-7-8-9-10-11-12-13-14-15-16-17-18(19)20;;/h15-22,24,28-30H,4-14H2,1-3H3,(H,27,31)(H,32,33,34);6-7,9-10H,2-5,8,11-17H2,1H3,(H,19,20);;/q;;2*+1/p-2/b;7-6-,10-9-;;/t15-,16?,17-,18-,19?,20?,21-,22+,24?,25+,26-;;;/m1.../s1. The third-order valence-electron chi connectivity index (χ3n) is 14.4. The number of hydrogen-bond acceptors (Lipinski definition) is 9. The second-order valence-corrected chi connectivity index (χ2v) is 19.5. The molecule has 0 aromatic heterocycles. The molecule has 0 radical (unpaired) electrons. The fourth-order valence-corrected chi connectivity index (χ4v) is 11.5. The van der Waals surface area contributed by atoms with Gasteiger partial charge < -0.3 is 35.1 Å². The molecule has 13 heteroatoms. The topological polar surface area (TPSA) is 187 Å². The molecule has 1 amide bonds. The van der Waals surface area contributed by atoms with Crippen LogP contribution in [0.2, 0.25) is 0 Å². The summed E-state index contributed by atoms with van der Waals surface area (Å²) in [5, 5.41) is 45.9. The molecule has 0 saturated heterocycles. The molecule has 0 spiro atoms. The maximum atomic E-state index is 12.2. The number of amides is 1. The quantitative estimate of drug-likeness (QED) is 0.0556. The zero-order valence-corrected chi connectivity index (χ0v) is 41.3. The van der Waals surface area contributed by atoms with E-state index in [2.05, 4.69) is 57.3 Å². The summed E-state index contributed by atoms with van der Waals surface area (Å²) >= 11 is 0. The van der Waals surface area contributed by atoms with E-state index in [0.717, 1.165) is 70.6 Å². The maximum absolute atomic E-state index is 12.2.